The van der Waals surface area contributed by atoms with Crippen molar-refractivity contribution in [2.75, 3.05) is 19.6 Å². The molecule has 2 aromatic carbocycles. The van der Waals surface area contributed by atoms with E-state index in [0.29, 0.717) is 18.3 Å². The molecule has 3 heteroatoms. The summed E-state index contributed by atoms with van der Waals surface area (Å²) in [5.74, 6) is 0.974. The Labute approximate surface area is 150 Å². The van der Waals surface area contributed by atoms with E-state index in [1.165, 1.54) is 31.5 Å². The van der Waals surface area contributed by atoms with Crippen LogP contribution >= 0.6 is 0 Å². The van der Waals surface area contributed by atoms with E-state index in [1.54, 1.807) is 0 Å². The molecule has 2 bridgehead atoms. The first-order valence-corrected chi connectivity index (χ1v) is 8.80. The molecule has 5 rings (SSSR count). The zero-order chi connectivity index (χ0) is 15.7. The van der Waals surface area contributed by atoms with Gasteiger partial charge in [-0.05, 0) is 43.0 Å². The summed E-state index contributed by atoms with van der Waals surface area (Å²) >= 11 is 0. The van der Waals surface area contributed by atoms with Gasteiger partial charge in [-0.25, -0.2) is 0 Å². The fourth-order valence-corrected chi connectivity index (χ4v) is 4.59. The minimum atomic E-state index is -0.771. The molecule has 1 N–H and O–H groups in total. The first kappa shape index (κ1) is 17.5. The van der Waals surface area contributed by atoms with Crippen molar-refractivity contribution in [1.29, 1.82) is 0 Å². The molecule has 3 aliphatic rings. The van der Waals surface area contributed by atoms with Crippen LogP contribution in [-0.4, -0.2) is 29.6 Å². The number of nitrogens with zero attached hydrogens (tertiary/aromatic N) is 1. The average Bonchev–Trinajstić information content (AvgIpc) is 2.64. The van der Waals surface area contributed by atoms with E-state index in [1.807, 2.05) is 24.3 Å². The van der Waals surface area contributed by atoms with Crippen LogP contribution in [0.2, 0.25) is 0 Å². The van der Waals surface area contributed by atoms with Gasteiger partial charge >= 0.3 is 0 Å². The predicted molar refractivity (Wildman–Crippen MR) is 93.1 cm³/mol. The fraction of sp³-hybridized carbons (Fsp3) is 0.429. The summed E-state index contributed by atoms with van der Waals surface area (Å²) in [6.45, 7) is 3.44. The Hall–Kier alpha value is -1.35. The smallest absolute Gasteiger partial charge is 0.0979 e. The zero-order valence-electron chi connectivity index (χ0n) is 13.9. The molecule has 0 amide bonds. The highest BCUT2D eigenvalue weighted by Crippen LogP contribution is 2.45. The Balaban J connectivity index is 0.00000169. The lowest BCUT2D eigenvalue weighted by Crippen LogP contribution is -3.00. The predicted octanol–water partition coefficient (Wildman–Crippen LogP) is 0.463. The molecule has 2 nitrogen and oxygen atoms in total. The quantitative estimate of drug-likeness (QED) is 0.873. The van der Waals surface area contributed by atoms with E-state index < -0.39 is 5.60 Å². The van der Waals surface area contributed by atoms with Gasteiger partial charge in [0.25, 0.3) is 0 Å². The normalized spacial score (nSPS) is 28.0. The van der Waals surface area contributed by atoms with E-state index in [4.69, 9.17) is 0 Å². The molecular formula is C21H25ClNO-. The highest BCUT2D eigenvalue weighted by Gasteiger charge is 2.47. The summed E-state index contributed by atoms with van der Waals surface area (Å²) < 4.78 is 0. The first-order chi connectivity index (χ1) is 11.3. The van der Waals surface area contributed by atoms with E-state index in [2.05, 4.69) is 41.3 Å². The van der Waals surface area contributed by atoms with Crippen LogP contribution in [0.4, 0.5) is 0 Å². The van der Waals surface area contributed by atoms with Gasteiger partial charge < -0.3 is 22.4 Å². The van der Waals surface area contributed by atoms with Crippen LogP contribution in [0.25, 0.3) is 0 Å². The van der Waals surface area contributed by atoms with Crippen molar-refractivity contribution in [2.45, 2.75) is 24.9 Å². The van der Waals surface area contributed by atoms with E-state index >= 15 is 0 Å². The summed E-state index contributed by atoms with van der Waals surface area (Å²) in [5, 5.41) is 11.9. The number of hydrogen-bond donors (Lipinski definition) is 1. The maximum atomic E-state index is 11.9. The van der Waals surface area contributed by atoms with Crippen LogP contribution in [0, 0.1) is 11.8 Å². The molecule has 3 saturated heterocycles. The third-order valence-corrected chi connectivity index (χ3v) is 5.86. The van der Waals surface area contributed by atoms with Crippen molar-refractivity contribution in [3.05, 3.63) is 71.8 Å². The first-order valence-electron chi connectivity index (χ1n) is 8.80. The van der Waals surface area contributed by atoms with Gasteiger partial charge in [0.05, 0.1) is 5.60 Å². The molecule has 0 saturated carbocycles. The molecule has 3 heterocycles. The van der Waals surface area contributed by atoms with E-state index in [-0.39, 0.29) is 12.4 Å². The fourth-order valence-electron chi connectivity index (χ4n) is 4.59. The van der Waals surface area contributed by atoms with Crippen LogP contribution in [0.15, 0.2) is 60.7 Å². The van der Waals surface area contributed by atoms with Crippen molar-refractivity contribution < 1.29 is 17.5 Å². The van der Waals surface area contributed by atoms with Crippen molar-refractivity contribution >= 4 is 0 Å². The molecule has 128 valence electrons. The number of hydrogen-bond acceptors (Lipinski definition) is 2. The van der Waals surface area contributed by atoms with Crippen LogP contribution < -0.4 is 12.4 Å². The lowest BCUT2D eigenvalue weighted by Gasteiger charge is -2.51. The van der Waals surface area contributed by atoms with Gasteiger partial charge in [-0.2, -0.15) is 0 Å². The second-order valence-electron chi connectivity index (χ2n) is 7.20. The molecule has 0 aliphatic carbocycles. The third-order valence-electron chi connectivity index (χ3n) is 5.86. The molecule has 2 unspecified atom stereocenters. The summed E-state index contributed by atoms with van der Waals surface area (Å²) in [4.78, 5) is 2.53. The Morgan fingerprint density at radius 1 is 0.917 bits per heavy atom. The van der Waals surface area contributed by atoms with Gasteiger partial charge in [0.15, 0.2) is 0 Å². The molecule has 0 radical (unpaired) electrons. The van der Waals surface area contributed by atoms with Crippen LogP contribution in [0.3, 0.4) is 0 Å². The molecule has 3 aliphatic heterocycles. The number of benzene rings is 2. The highest BCUT2D eigenvalue weighted by molar-refractivity contribution is 5.29. The monoisotopic (exact) mass is 342 g/mol. The Morgan fingerprint density at radius 3 is 2.04 bits per heavy atom. The Morgan fingerprint density at radius 2 is 1.50 bits per heavy atom. The minimum absolute atomic E-state index is 0. The van der Waals surface area contributed by atoms with E-state index in [0.717, 1.165) is 12.1 Å². The number of rotatable bonds is 4. The average molecular weight is 343 g/mol. The van der Waals surface area contributed by atoms with Crippen LogP contribution in [0.1, 0.15) is 24.0 Å². The summed E-state index contributed by atoms with van der Waals surface area (Å²) in [6.07, 6.45) is 3.16. The maximum Gasteiger partial charge on any atom is 0.0979 e. The maximum absolute atomic E-state index is 11.9. The molecule has 2 aromatic rings. The highest BCUT2D eigenvalue weighted by atomic mass is 35.5. The molecule has 24 heavy (non-hydrogen) atoms. The van der Waals surface area contributed by atoms with Crippen molar-refractivity contribution in [1.82, 2.24) is 4.90 Å². The molecule has 0 spiro atoms. The second-order valence-corrected chi connectivity index (χ2v) is 7.20. The van der Waals surface area contributed by atoms with Crippen molar-refractivity contribution in [3.8, 4) is 0 Å². The minimum Gasteiger partial charge on any atom is -1.00 e. The van der Waals surface area contributed by atoms with Gasteiger partial charge in [0, 0.05) is 18.9 Å². The Kier molecular flexibility index (Phi) is 5.29. The SMILES string of the molecule is OC(Cc1ccccc1)(c1ccccc1)C1CN2CCC1CC2.[Cl-]. The number of halogens is 1. The van der Waals surface area contributed by atoms with E-state index in [9.17, 15) is 5.11 Å². The topological polar surface area (TPSA) is 23.5 Å². The van der Waals surface area contributed by atoms with Crippen molar-refractivity contribution in [2.24, 2.45) is 11.8 Å². The van der Waals surface area contributed by atoms with Crippen molar-refractivity contribution in [3.63, 3.8) is 0 Å². The summed E-state index contributed by atoms with van der Waals surface area (Å²) in [5.41, 5.74) is 1.52. The summed E-state index contributed by atoms with van der Waals surface area (Å²) in [7, 11) is 0. The van der Waals surface area contributed by atoms with Gasteiger partial charge in [-0.1, -0.05) is 60.7 Å². The third kappa shape index (κ3) is 3.23. The van der Waals surface area contributed by atoms with Gasteiger partial charge in [0.2, 0.25) is 0 Å². The van der Waals surface area contributed by atoms with Crippen LogP contribution in [-0.2, 0) is 12.0 Å². The van der Waals surface area contributed by atoms with Gasteiger partial charge in [0.1, 0.15) is 0 Å². The molecule has 3 fully saturated rings. The Bertz CT molecular complexity index is 639. The van der Waals surface area contributed by atoms with Gasteiger partial charge in [-0.3, -0.25) is 0 Å². The van der Waals surface area contributed by atoms with Crippen LogP contribution in [0.5, 0.6) is 0 Å². The molecule has 0 aromatic heterocycles. The molecule has 2 atom stereocenters. The molecular weight excluding hydrogens is 318 g/mol. The number of aliphatic hydroxyl groups is 1. The zero-order valence-corrected chi connectivity index (χ0v) is 14.7. The lowest BCUT2D eigenvalue weighted by atomic mass is 9.66. The standard InChI is InChI=1S/C21H25NO.ClH/c23-21(19-9-5-2-6-10-19,15-17-7-3-1-4-8-17)20-16-22-13-11-18(20)12-14-22;/h1-10,18,20,23H,11-16H2;1H/p-1. The largest absolute Gasteiger partial charge is 1.00 e. The van der Waals surface area contributed by atoms with Gasteiger partial charge in [-0.15, -0.1) is 0 Å². The lowest BCUT2D eigenvalue weighted by molar-refractivity contribution is -0.101. The number of piperidine rings is 3. The number of fused-ring (bicyclic) bond motifs is 3. The second kappa shape index (κ2) is 7.26. The summed E-state index contributed by atoms with van der Waals surface area (Å²) in [6, 6.07) is 20.8.